The first kappa shape index (κ1) is 9.64. The summed E-state index contributed by atoms with van der Waals surface area (Å²) >= 11 is 0. The van der Waals surface area contributed by atoms with Crippen LogP contribution in [0.3, 0.4) is 0 Å². The molecule has 0 radical (unpaired) electrons. The molecule has 0 aliphatic rings. The Hall–Kier alpha value is -1.45. The number of rotatable bonds is 4. The first-order valence-corrected chi connectivity index (χ1v) is 4.14. The lowest BCUT2D eigenvalue weighted by atomic mass is 10.2. The van der Waals surface area contributed by atoms with Crippen molar-refractivity contribution in [1.29, 1.82) is 0 Å². The van der Waals surface area contributed by atoms with Gasteiger partial charge in [-0.05, 0) is 0 Å². The molecule has 1 rings (SSSR count). The number of aromatic nitrogens is 2. The molecule has 0 saturated heterocycles. The number of ether oxygens (including phenoxy) is 1. The van der Waals surface area contributed by atoms with Crippen LogP contribution in [0.1, 0.15) is 18.3 Å². The van der Waals surface area contributed by atoms with Crippen LogP contribution in [0.15, 0.2) is 6.20 Å². The highest BCUT2D eigenvalue weighted by atomic mass is 16.5. The normalized spacial score (nSPS) is 9.69. The highest BCUT2D eigenvalue weighted by Gasteiger charge is 2.05. The minimum atomic E-state index is 0.299. The van der Waals surface area contributed by atoms with Gasteiger partial charge in [0.15, 0.2) is 0 Å². The van der Waals surface area contributed by atoms with E-state index in [2.05, 4.69) is 9.97 Å². The molecule has 0 atom stereocenters. The average Bonchev–Trinajstić information content (AvgIpc) is 2.19. The van der Waals surface area contributed by atoms with E-state index in [0.29, 0.717) is 12.3 Å². The minimum Gasteiger partial charge on any atom is -0.481 e. The lowest BCUT2D eigenvalue weighted by Crippen LogP contribution is -2.01. The van der Waals surface area contributed by atoms with E-state index >= 15 is 0 Å². The topological polar surface area (TPSA) is 52.1 Å². The molecule has 0 amide bonds. The van der Waals surface area contributed by atoms with Crippen LogP contribution < -0.4 is 4.74 Å². The Balaban J connectivity index is 3.00. The fourth-order valence-corrected chi connectivity index (χ4v) is 1.00. The second kappa shape index (κ2) is 4.54. The Morgan fingerprint density at radius 2 is 2.38 bits per heavy atom. The van der Waals surface area contributed by atoms with E-state index in [-0.39, 0.29) is 0 Å². The van der Waals surface area contributed by atoms with Gasteiger partial charge in [0.05, 0.1) is 7.11 Å². The zero-order valence-corrected chi connectivity index (χ0v) is 7.78. The summed E-state index contributed by atoms with van der Waals surface area (Å²) in [6, 6.07) is 0. The van der Waals surface area contributed by atoms with Crippen LogP contribution in [-0.2, 0) is 17.6 Å². The summed E-state index contributed by atoms with van der Waals surface area (Å²) in [5.41, 5.74) is 0.731. The molecule has 0 unspecified atom stereocenters. The van der Waals surface area contributed by atoms with E-state index in [1.807, 2.05) is 6.92 Å². The summed E-state index contributed by atoms with van der Waals surface area (Å²) in [6.45, 7) is 1.97. The highest BCUT2D eigenvalue weighted by molar-refractivity contribution is 5.56. The molecular weight excluding hydrogens is 168 g/mol. The van der Waals surface area contributed by atoms with Crippen LogP contribution in [0.4, 0.5) is 0 Å². The smallest absolute Gasteiger partial charge is 0.220 e. The number of hydrogen-bond donors (Lipinski definition) is 0. The molecule has 0 N–H and O–H groups in total. The van der Waals surface area contributed by atoms with Gasteiger partial charge in [0.25, 0.3) is 0 Å². The van der Waals surface area contributed by atoms with Crippen LogP contribution in [0, 0.1) is 0 Å². The first-order chi connectivity index (χ1) is 6.31. The van der Waals surface area contributed by atoms with Crippen LogP contribution >= 0.6 is 0 Å². The van der Waals surface area contributed by atoms with Gasteiger partial charge in [-0.2, -0.15) is 4.98 Å². The minimum absolute atomic E-state index is 0.299. The Morgan fingerprint density at radius 3 is 2.92 bits per heavy atom. The molecule has 0 saturated carbocycles. The van der Waals surface area contributed by atoms with Crippen molar-refractivity contribution in [3.05, 3.63) is 17.6 Å². The summed E-state index contributed by atoms with van der Waals surface area (Å²) in [5, 5.41) is 0. The third-order valence-electron chi connectivity index (χ3n) is 1.69. The fourth-order valence-electron chi connectivity index (χ4n) is 1.00. The van der Waals surface area contributed by atoms with Crippen molar-refractivity contribution in [2.75, 3.05) is 7.11 Å². The van der Waals surface area contributed by atoms with Crippen LogP contribution in [0.25, 0.3) is 0 Å². The number of hydrogen-bond acceptors (Lipinski definition) is 4. The molecule has 0 fully saturated rings. The highest BCUT2D eigenvalue weighted by Crippen LogP contribution is 2.13. The van der Waals surface area contributed by atoms with Gasteiger partial charge >= 0.3 is 0 Å². The predicted octanol–water partition coefficient (Wildman–Crippen LogP) is 0.789. The standard InChI is InChI=1S/C9H12N2O2/c1-3-8-10-6-7(4-5-12)9(11-8)13-2/h5-6H,3-4H2,1-2H3. The van der Waals surface area contributed by atoms with E-state index < -0.39 is 0 Å². The maximum Gasteiger partial charge on any atom is 0.220 e. The summed E-state index contributed by atoms with van der Waals surface area (Å²) in [7, 11) is 1.54. The quantitative estimate of drug-likeness (QED) is 0.643. The molecule has 1 aromatic heterocycles. The van der Waals surface area contributed by atoms with E-state index in [1.54, 1.807) is 6.20 Å². The SMILES string of the molecule is CCc1ncc(CC=O)c(OC)n1. The second-order valence-electron chi connectivity index (χ2n) is 2.55. The van der Waals surface area contributed by atoms with Crippen molar-refractivity contribution in [3.8, 4) is 5.88 Å². The van der Waals surface area contributed by atoms with Crippen molar-refractivity contribution < 1.29 is 9.53 Å². The zero-order valence-electron chi connectivity index (χ0n) is 7.78. The van der Waals surface area contributed by atoms with E-state index in [0.717, 1.165) is 24.1 Å². The van der Waals surface area contributed by atoms with Gasteiger partial charge in [-0.3, -0.25) is 0 Å². The number of carbonyl (C=O) groups is 1. The van der Waals surface area contributed by atoms with Crippen molar-refractivity contribution in [2.24, 2.45) is 0 Å². The number of carbonyl (C=O) groups excluding carboxylic acids is 1. The number of methoxy groups -OCH3 is 1. The average molecular weight is 180 g/mol. The molecular formula is C9H12N2O2. The van der Waals surface area contributed by atoms with E-state index in [1.165, 1.54) is 7.11 Å². The number of aldehydes is 1. The van der Waals surface area contributed by atoms with Crippen LogP contribution in [0.5, 0.6) is 5.88 Å². The van der Waals surface area contributed by atoms with E-state index in [9.17, 15) is 4.79 Å². The van der Waals surface area contributed by atoms with Gasteiger partial charge in [0.1, 0.15) is 12.1 Å². The molecule has 1 aromatic rings. The molecule has 0 spiro atoms. The Kier molecular flexibility index (Phi) is 3.37. The van der Waals surface area contributed by atoms with Gasteiger partial charge in [-0.15, -0.1) is 0 Å². The molecule has 70 valence electrons. The molecule has 4 nitrogen and oxygen atoms in total. The maximum absolute atomic E-state index is 10.3. The molecule has 0 bridgehead atoms. The van der Waals surface area contributed by atoms with Crippen LogP contribution in [0.2, 0.25) is 0 Å². The molecule has 1 heterocycles. The van der Waals surface area contributed by atoms with Gasteiger partial charge in [-0.1, -0.05) is 6.92 Å². The lowest BCUT2D eigenvalue weighted by Gasteiger charge is -2.04. The summed E-state index contributed by atoms with van der Waals surface area (Å²) < 4.78 is 5.03. The summed E-state index contributed by atoms with van der Waals surface area (Å²) in [6.07, 6.45) is 3.51. The van der Waals surface area contributed by atoms with Crippen LogP contribution in [-0.4, -0.2) is 23.4 Å². The van der Waals surface area contributed by atoms with Gasteiger partial charge < -0.3 is 9.53 Å². The third kappa shape index (κ3) is 2.24. The monoisotopic (exact) mass is 180 g/mol. The molecule has 0 aliphatic heterocycles. The van der Waals surface area contributed by atoms with Gasteiger partial charge in [0.2, 0.25) is 5.88 Å². The zero-order chi connectivity index (χ0) is 9.68. The van der Waals surface area contributed by atoms with Crippen molar-refractivity contribution in [1.82, 2.24) is 9.97 Å². The fraction of sp³-hybridized carbons (Fsp3) is 0.444. The van der Waals surface area contributed by atoms with Crippen molar-refractivity contribution >= 4 is 6.29 Å². The molecule has 0 aromatic carbocycles. The third-order valence-corrected chi connectivity index (χ3v) is 1.69. The number of nitrogens with zero attached hydrogens (tertiary/aromatic N) is 2. The van der Waals surface area contributed by atoms with Gasteiger partial charge in [0, 0.05) is 24.6 Å². The van der Waals surface area contributed by atoms with Gasteiger partial charge in [-0.25, -0.2) is 4.98 Å². The predicted molar refractivity (Wildman–Crippen MR) is 47.7 cm³/mol. The first-order valence-electron chi connectivity index (χ1n) is 4.14. The summed E-state index contributed by atoms with van der Waals surface area (Å²) in [4.78, 5) is 18.5. The summed E-state index contributed by atoms with van der Waals surface area (Å²) in [5.74, 6) is 1.23. The largest absolute Gasteiger partial charge is 0.481 e. The lowest BCUT2D eigenvalue weighted by molar-refractivity contribution is -0.107. The Bertz CT molecular complexity index is 300. The maximum atomic E-state index is 10.3. The Morgan fingerprint density at radius 1 is 1.62 bits per heavy atom. The molecule has 13 heavy (non-hydrogen) atoms. The second-order valence-corrected chi connectivity index (χ2v) is 2.55. The number of aryl methyl sites for hydroxylation is 1. The molecule has 4 heteroatoms. The Labute approximate surface area is 77.0 Å². The van der Waals surface area contributed by atoms with Crippen molar-refractivity contribution in [3.63, 3.8) is 0 Å². The molecule has 0 aliphatic carbocycles. The van der Waals surface area contributed by atoms with E-state index in [4.69, 9.17) is 4.74 Å². The van der Waals surface area contributed by atoms with Crippen molar-refractivity contribution in [2.45, 2.75) is 19.8 Å².